The third kappa shape index (κ3) is 3.16. The van der Waals surface area contributed by atoms with Crippen molar-refractivity contribution in [3.05, 3.63) is 47.4 Å². The van der Waals surface area contributed by atoms with E-state index in [0.717, 1.165) is 23.4 Å². The Balaban J connectivity index is 1.64. The number of anilines is 2. The Morgan fingerprint density at radius 2 is 2.11 bits per heavy atom. The van der Waals surface area contributed by atoms with Crippen molar-refractivity contribution in [2.45, 2.75) is 19.9 Å². The second kappa shape index (κ2) is 6.49. The van der Waals surface area contributed by atoms with Crippen molar-refractivity contribution in [2.24, 2.45) is 7.05 Å². The lowest BCUT2D eigenvalue weighted by Crippen LogP contribution is -2.34. The number of carbonyl (C=O) groups excluding carboxylic acids is 1. The molecule has 7 nitrogen and oxygen atoms in total. The minimum Gasteiger partial charge on any atom is -0.338 e. The Morgan fingerprint density at radius 3 is 2.81 bits per heavy atom. The summed E-state index contributed by atoms with van der Waals surface area (Å²) in [4.78, 5) is 13.3. The number of amides is 1. The van der Waals surface area contributed by atoms with Crippen molar-refractivity contribution in [3.63, 3.8) is 0 Å². The van der Waals surface area contributed by atoms with Gasteiger partial charge in [-0.3, -0.25) is 14.6 Å². The highest BCUT2D eigenvalue weighted by atomic mass is 19.1. The molecule has 0 spiro atoms. The lowest BCUT2D eigenvalue weighted by molar-refractivity contribution is -0.129. The van der Waals surface area contributed by atoms with Gasteiger partial charge in [-0.15, -0.1) is 0 Å². The fourth-order valence-electron chi connectivity index (χ4n) is 3.22. The SMILES string of the molecule is CC(=O)N1CCc2[nH]nc(Nc3cc(F)c(-c4cnn(C)c4)cc3F)c2C1. The van der Waals surface area contributed by atoms with Crippen LogP contribution in [0.3, 0.4) is 0 Å². The average molecular weight is 372 g/mol. The van der Waals surface area contributed by atoms with Gasteiger partial charge in [0.1, 0.15) is 11.6 Å². The van der Waals surface area contributed by atoms with Crippen LogP contribution in [0.25, 0.3) is 11.1 Å². The predicted octanol–water partition coefficient (Wildman–Crippen LogP) is 2.74. The molecule has 1 aliphatic rings. The number of nitrogens with one attached hydrogen (secondary N) is 2. The van der Waals surface area contributed by atoms with Crippen molar-refractivity contribution < 1.29 is 13.6 Å². The van der Waals surface area contributed by atoms with E-state index in [9.17, 15) is 13.6 Å². The Morgan fingerprint density at radius 1 is 1.30 bits per heavy atom. The molecule has 1 amide bonds. The summed E-state index contributed by atoms with van der Waals surface area (Å²) in [5.41, 5.74) is 2.29. The minimum atomic E-state index is -0.605. The molecule has 2 aromatic heterocycles. The van der Waals surface area contributed by atoms with Gasteiger partial charge in [0.25, 0.3) is 0 Å². The van der Waals surface area contributed by atoms with E-state index >= 15 is 0 Å². The largest absolute Gasteiger partial charge is 0.338 e. The molecule has 0 fully saturated rings. The number of rotatable bonds is 3. The molecule has 140 valence electrons. The van der Waals surface area contributed by atoms with Crippen LogP contribution in [0.1, 0.15) is 18.2 Å². The van der Waals surface area contributed by atoms with Gasteiger partial charge in [0.2, 0.25) is 5.91 Å². The van der Waals surface area contributed by atoms with E-state index in [2.05, 4.69) is 20.6 Å². The van der Waals surface area contributed by atoms with E-state index < -0.39 is 11.6 Å². The summed E-state index contributed by atoms with van der Waals surface area (Å²) in [7, 11) is 1.71. The first-order valence-corrected chi connectivity index (χ1v) is 8.49. The molecule has 4 rings (SSSR count). The molecule has 27 heavy (non-hydrogen) atoms. The van der Waals surface area contributed by atoms with Gasteiger partial charge >= 0.3 is 0 Å². The van der Waals surface area contributed by atoms with Crippen LogP contribution in [-0.4, -0.2) is 37.3 Å². The van der Waals surface area contributed by atoms with Crippen LogP contribution >= 0.6 is 0 Å². The summed E-state index contributed by atoms with van der Waals surface area (Å²) in [5.74, 6) is -0.817. The molecule has 2 N–H and O–H groups in total. The maximum atomic E-state index is 14.6. The number of hydrogen-bond acceptors (Lipinski definition) is 4. The molecular weight excluding hydrogens is 354 g/mol. The molecule has 0 atom stereocenters. The first-order chi connectivity index (χ1) is 12.9. The first kappa shape index (κ1) is 17.2. The second-order valence-corrected chi connectivity index (χ2v) is 6.56. The molecule has 0 bridgehead atoms. The van der Waals surface area contributed by atoms with Crippen molar-refractivity contribution in [1.82, 2.24) is 24.9 Å². The zero-order chi connectivity index (χ0) is 19.1. The van der Waals surface area contributed by atoms with E-state index in [1.165, 1.54) is 17.8 Å². The molecule has 3 aromatic rings. The van der Waals surface area contributed by atoms with Gasteiger partial charge in [-0.1, -0.05) is 0 Å². The number of carbonyl (C=O) groups is 1. The maximum absolute atomic E-state index is 14.6. The number of benzene rings is 1. The Kier molecular flexibility index (Phi) is 4.14. The van der Waals surface area contributed by atoms with E-state index in [1.54, 1.807) is 18.1 Å². The molecular formula is C18H18F2N6O. The van der Waals surface area contributed by atoms with E-state index in [0.29, 0.717) is 30.9 Å². The summed E-state index contributed by atoms with van der Waals surface area (Å²) in [6.07, 6.45) is 3.73. The van der Waals surface area contributed by atoms with Gasteiger partial charge in [-0.2, -0.15) is 10.2 Å². The summed E-state index contributed by atoms with van der Waals surface area (Å²) >= 11 is 0. The standard InChI is InChI=1S/C18H18F2N6O/c1-10(27)26-4-3-16-13(9-26)18(24-23-16)22-17-6-14(19)12(5-15(17)20)11-7-21-25(2)8-11/h5-8H,3-4,9H2,1-2H3,(H2,22,23,24). The van der Waals surface area contributed by atoms with Gasteiger partial charge in [-0.25, -0.2) is 8.78 Å². The van der Waals surface area contributed by atoms with Crippen molar-refractivity contribution >= 4 is 17.4 Å². The fraction of sp³-hybridized carbons (Fsp3) is 0.278. The van der Waals surface area contributed by atoms with Crippen LogP contribution in [0.2, 0.25) is 0 Å². The van der Waals surface area contributed by atoms with Crippen LogP contribution in [0.15, 0.2) is 24.5 Å². The number of hydrogen-bond donors (Lipinski definition) is 2. The highest BCUT2D eigenvalue weighted by Crippen LogP contribution is 2.31. The molecule has 1 aliphatic heterocycles. The number of nitrogens with zero attached hydrogens (tertiary/aromatic N) is 4. The summed E-state index contributed by atoms with van der Waals surface area (Å²) in [5, 5.41) is 13.9. The highest BCUT2D eigenvalue weighted by Gasteiger charge is 2.24. The van der Waals surface area contributed by atoms with Crippen LogP contribution < -0.4 is 5.32 Å². The van der Waals surface area contributed by atoms with Gasteiger partial charge in [0.05, 0.1) is 18.4 Å². The minimum absolute atomic E-state index is 0.0191. The van der Waals surface area contributed by atoms with Gasteiger partial charge in [0.15, 0.2) is 5.82 Å². The number of aromatic nitrogens is 4. The highest BCUT2D eigenvalue weighted by molar-refractivity contribution is 5.74. The lowest BCUT2D eigenvalue weighted by Gasteiger charge is -2.25. The van der Waals surface area contributed by atoms with Crippen LogP contribution in [0, 0.1) is 11.6 Å². The Bertz CT molecular complexity index is 1030. The first-order valence-electron chi connectivity index (χ1n) is 8.49. The average Bonchev–Trinajstić information content (AvgIpc) is 3.24. The zero-order valence-electron chi connectivity index (χ0n) is 14.9. The maximum Gasteiger partial charge on any atom is 0.219 e. The summed E-state index contributed by atoms with van der Waals surface area (Å²) in [6.45, 7) is 2.48. The normalized spacial score (nSPS) is 13.6. The van der Waals surface area contributed by atoms with E-state index in [4.69, 9.17) is 0 Å². The number of aryl methyl sites for hydroxylation is 1. The predicted molar refractivity (Wildman–Crippen MR) is 95.2 cm³/mol. The molecule has 0 aliphatic carbocycles. The third-order valence-electron chi connectivity index (χ3n) is 4.70. The van der Waals surface area contributed by atoms with E-state index in [-0.39, 0.29) is 17.2 Å². The molecule has 9 heteroatoms. The molecule has 1 aromatic carbocycles. The quantitative estimate of drug-likeness (QED) is 0.741. The second-order valence-electron chi connectivity index (χ2n) is 6.56. The number of halogens is 2. The summed E-state index contributed by atoms with van der Waals surface area (Å²) in [6, 6.07) is 2.24. The van der Waals surface area contributed by atoms with Crippen molar-refractivity contribution in [1.29, 1.82) is 0 Å². The van der Waals surface area contributed by atoms with Crippen molar-refractivity contribution in [3.8, 4) is 11.1 Å². The van der Waals surface area contributed by atoms with Gasteiger partial charge in [-0.05, 0) is 6.07 Å². The molecule has 3 heterocycles. The van der Waals surface area contributed by atoms with Crippen LogP contribution in [0.5, 0.6) is 0 Å². The Labute approximate surface area is 154 Å². The topological polar surface area (TPSA) is 78.8 Å². The number of fused-ring (bicyclic) bond motifs is 1. The fourth-order valence-corrected chi connectivity index (χ4v) is 3.22. The smallest absolute Gasteiger partial charge is 0.219 e. The monoisotopic (exact) mass is 372 g/mol. The van der Waals surface area contributed by atoms with Crippen molar-refractivity contribution in [2.75, 3.05) is 11.9 Å². The lowest BCUT2D eigenvalue weighted by atomic mass is 10.1. The van der Waals surface area contributed by atoms with Gasteiger partial charge in [0, 0.05) is 61.6 Å². The zero-order valence-corrected chi connectivity index (χ0v) is 14.9. The van der Waals surface area contributed by atoms with Gasteiger partial charge < -0.3 is 10.2 Å². The third-order valence-corrected chi connectivity index (χ3v) is 4.70. The van der Waals surface area contributed by atoms with E-state index in [1.807, 2.05) is 0 Å². The molecule has 0 radical (unpaired) electrons. The van der Waals surface area contributed by atoms with Crippen LogP contribution in [0.4, 0.5) is 20.3 Å². The molecule has 0 saturated heterocycles. The number of aromatic amines is 1. The molecule has 0 saturated carbocycles. The molecule has 0 unspecified atom stereocenters. The summed E-state index contributed by atoms with van der Waals surface area (Å²) < 4.78 is 30.7. The number of H-pyrrole nitrogens is 1. The Hall–Kier alpha value is -3.23. The van der Waals surface area contributed by atoms with Crippen LogP contribution in [-0.2, 0) is 24.8 Å².